The van der Waals surface area contributed by atoms with Gasteiger partial charge in [0.25, 0.3) is 0 Å². The predicted octanol–water partition coefficient (Wildman–Crippen LogP) is 13.3. The molecule has 0 radical (unpaired) electrons. The Hall–Kier alpha value is -5.36. The van der Waals surface area contributed by atoms with Crippen LogP contribution in [0.1, 0.15) is 126 Å². The van der Waals surface area contributed by atoms with E-state index >= 15 is 0 Å². The lowest BCUT2D eigenvalue weighted by atomic mass is 9.70. The number of piperidine rings is 2. The molecule has 6 rings (SSSR count). The Kier molecular flexibility index (Phi) is 17.9. The summed E-state index contributed by atoms with van der Waals surface area (Å²) in [6, 6.07) is 11.4. The van der Waals surface area contributed by atoms with Crippen molar-refractivity contribution in [3.05, 3.63) is 66.0 Å². The van der Waals surface area contributed by atoms with E-state index in [2.05, 4.69) is 44.4 Å². The number of anilines is 2. The summed E-state index contributed by atoms with van der Waals surface area (Å²) in [6.07, 6.45) is 2.45. The molecule has 2 aliphatic heterocycles. The minimum absolute atomic E-state index is 0.0256. The standard InChI is InChI=1S/C27H38F3N3O3.C27H36F3N3O3/c2*1-18(34)31-22-16-33(24(35)36-25(2,3)4)23-8-7-19(15-21(22)23)9-12-26(5,6)20-10-13-32(14-11-20)17-27(28,29)30/h7-8,15-16,20H,9-14,17H2,1-6H3,(H,31,34);7-9,12,15-16,20H,10-11,13-14,17H2,1-6H3,(H,31,34)/b;12-9+. The van der Waals surface area contributed by atoms with Crippen LogP contribution in [-0.2, 0) is 25.5 Å². The number of aryl methyl sites for hydroxylation is 1. The molecule has 2 saturated heterocycles. The molecule has 72 heavy (non-hydrogen) atoms. The number of alkyl halides is 6. The van der Waals surface area contributed by atoms with E-state index < -0.39 is 48.8 Å². The zero-order valence-corrected chi connectivity index (χ0v) is 43.9. The Morgan fingerprint density at radius 2 is 1.03 bits per heavy atom. The smallest absolute Gasteiger partial charge is 0.419 e. The first-order valence-electron chi connectivity index (χ1n) is 24.7. The third-order valence-corrected chi connectivity index (χ3v) is 13.4. The summed E-state index contributed by atoms with van der Waals surface area (Å²) < 4.78 is 90.1. The third-order valence-electron chi connectivity index (χ3n) is 13.4. The van der Waals surface area contributed by atoms with Crippen LogP contribution < -0.4 is 10.6 Å². The second-order valence-corrected chi connectivity index (χ2v) is 22.8. The number of allylic oxidation sites excluding steroid dienone is 1. The monoisotopic (exact) mass is 1020 g/mol. The highest BCUT2D eigenvalue weighted by Crippen LogP contribution is 2.41. The third kappa shape index (κ3) is 16.9. The lowest BCUT2D eigenvalue weighted by molar-refractivity contribution is -0.150. The van der Waals surface area contributed by atoms with Crippen LogP contribution in [0.3, 0.4) is 0 Å². The summed E-state index contributed by atoms with van der Waals surface area (Å²) in [6.45, 7) is 22.3. The maximum Gasteiger partial charge on any atom is 0.419 e. The number of carbonyl (C=O) groups excluding carboxylic acids is 4. The molecule has 2 N–H and O–H groups in total. The maximum atomic E-state index is 12.8. The number of rotatable bonds is 11. The maximum absolute atomic E-state index is 12.8. The minimum atomic E-state index is -4.17. The molecule has 2 amide bonds. The lowest BCUT2D eigenvalue weighted by Gasteiger charge is -2.41. The van der Waals surface area contributed by atoms with Gasteiger partial charge in [0.2, 0.25) is 11.8 Å². The van der Waals surface area contributed by atoms with E-state index in [0.29, 0.717) is 72.7 Å². The van der Waals surface area contributed by atoms with Gasteiger partial charge in [-0.1, -0.05) is 52.0 Å². The molecule has 398 valence electrons. The van der Waals surface area contributed by atoms with Crippen LogP contribution in [0.25, 0.3) is 27.9 Å². The molecular weight excluding hydrogens is 943 g/mol. The number of fused-ring (bicyclic) bond motifs is 2. The van der Waals surface area contributed by atoms with E-state index in [-0.39, 0.29) is 28.6 Å². The number of nitrogens with one attached hydrogen (secondary N) is 2. The summed E-state index contributed by atoms with van der Waals surface area (Å²) in [5, 5.41) is 7.05. The minimum Gasteiger partial charge on any atom is -0.443 e. The fraction of sp³-hybridized carbons (Fsp3) is 0.593. The highest BCUT2D eigenvalue weighted by atomic mass is 19.4. The van der Waals surface area contributed by atoms with Crippen molar-refractivity contribution < 1.29 is 55.0 Å². The lowest BCUT2D eigenvalue weighted by Crippen LogP contribution is -2.43. The molecular formula is C54H74F6N6O6. The average molecular weight is 1020 g/mol. The van der Waals surface area contributed by atoms with Gasteiger partial charge in [-0.3, -0.25) is 28.5 Å². The van der Waals surface area contributed by atoms with Crippen molar-refractivity contribution in [3.8, 4) is 0 Å². The van der Waals surface area contributed by atoms with Gasteiger partial charge >= 0.3 is 24.5 Å². The zero-order chi connectivity index (χ0) is 53.8. The topological polar surface area (TPSA) is 127 Å². The number of halogens is 6. The van der Waals surface area contributed by atoms with Crippen molar-refractivity contribution in [1.82, 2.24) is 18.9 Å². The number of hydrogen-bond acceptors (Lipinski definition) is 8. The first-order chi connectivity index (χ1) is 33.1. The van der Waals surface area contributed by atoms with E-state index in [9.17, 15) is 45.5 Å². The molecule has 0 bridgehead atoms. The predicted molar refractivity (Wildman–Crippen MR) is 271 cm³/mol. The normalized spacial score (nSPS) is 16.5. The second kappa shape index (κ2) is 22.4. The van der Waals surface area contributed by atoms with Gasteiger partial charge in [-0.2, -0.15) is 26.3 Å². The van der Waals surface area contributed by atoms with Crippen molar-refractivity contribution in [2.24, 2.45) is 22.7 Å². The van der Waals surface area contributed by atoms with Gasteiger partial charge in [-0.25, -0.2) is 9.59 Å². The molecule has 4 aromatic rings. The quantitative estimate of drug-likeness (QED) is 0.142. The number of hydrogen-bond donors (Lipinski definition) is 2. The molecule has 0 atom stereocenters. The zero-order valence-electron chi connectivity index (χ0n) is 43.9. The van der Waals surface area contributed by atoms with Crippen molar-refractivity contribution in [2.75, 3.05) is 49.9 Å². The van der Waals surface area contributed by atoms with Crippen molar-refractivity contribution in [2.45, 2.75) is 145 Å². The molecule has 0 aliphatic carbocycles. The first-order valence-corrected chi connectivity index (χ1v) is 24.7. The first kappa shape index (κ1) is 57.5. The number of amides is 2. The molecule has 2 aromatic heterocycles. The number of nitrogens with zero attached hydrogens (tertiary/aromatic N) is 4. The highest BCUT2D eigenvalue weighted by molar-refractivity contribution is 6.05. The van der Waals surface area contributed by atoms with E-state index in [4.69, 9.17) is 9.47 Å². The molecule has 0 saturated carbocycles. The number of aromatic nitrogens is 2. The number of likely N-dealkylation sites (tertiary alicyclic amines) is 2. The van der Waals surface area contributed by atoms with Crippen LogP contribution in [-0.4, -0.2) is 106 Å². The Balaban J connectivity index is 0.000000267. The van der Waals surface area contributed by atoms with Gasteiger partial charge in [0.05, 0.1) is 35.5 Å². The molecule has 4 heterocycles. The molecule has 0 unspecified atom stereocenters. The average Bonchev–Trinajstić information content (AvgIpc) is 3.77. The largest absolute Gasteiger partial charge is 0.443 e. The molecule has 2 aromatic carbocycles. The molecule has 12 nitrogen and oxygen atoms in total. The summed E-state index contributed by atoms with van der Waals surface area (Å²) in [4.78, 5) is 52.0. The molecule has 0 spiro atoms. The fourth-order valence-corrected chi connectivity index (χ4v) is 9.62. The Morgan fingerprint density at radius 3 is 1.44 bits per heavy atom. The van der Waals surface area contributed by atoms with Crippen LogP contribution in [0.4, 0.5) is 47.3 Å². The summed E-state index contributed by atoms with van der Waals surface area (Å²) in [5.74, 6) is 0.137. The molecule has 2 aliphatic rings. The van der Waals surface area contributed by atoms with Crippen LogP contribution >= 0.6 is 0 Å². The van der Waals surface area contributed by atoms with Crippen LogP contribution in [0.5, 0.6) is 0 Å². The van der Waals surface area contributed by atoms with Crippen LogP contribution in [0, 0.1) is 22.7 Å². The summed E-state index contributed by atoms with van der Waals surface area (Å²) in [7, 11) is 0. The summed E-state index contributed by atoms with van der Waals surface area (Å²) >= 11 is 0. The molecule has 2 fully saturated rings. The van der Waals surface area contributed by atoms with Crippen LogP contribution in [0.15, 0.2) is 54.9 Å². The second-order valence-electron chi connectivity index (χ2n) is 22.8. The number of ether oxygens (including phenoxy) is 2. The van der Waals surface area contributed by atoms with Crippen molar-refractivity contribution in [3.63, 3.8) is 0 Å². The number of carbonyl (C=O) groups is 4. The van der Waals surface area contributed by atoms with E-state index in [0.717, 1.165) is 42.2 Å². The van der Waals surface area contributed by atoms with Gasteiger partial charge in [-0.05, 0) is 164 Å². The van der Waals surface area contributed by atoms with E-state index in [1.165, 1.54) is 32.8 Å². The van der Waals surface area contributed by atoms with Gasteiger partial charge in [0.1, 0.15) is 11.2 Å². The summed E-state index contributed by atoms with van der Waals surface area (Å²) in [5.41, 5.74) is 2.71. The van der Waals surface area contributed by atoms with E-state index in [1.807, 2.05) is 42.5 Å². The van der Waals surface area contributed by atoms with Crippen molar-refractivity contribution >= 4 is 63.3 Å². The van der Waals surface area contributed by atoms with Crippen molar-refractivity contribution in [1.29, 1.82) is 0 Å². The molecule has 18 heteroatoms. The highest BCUT2D eigenvalue weighted by Gasteiger charge is 2.38. The van der Waals surface area contributed by atoms with Gasteiger partial charge < -0.3 is 20.1 Å². The Labute approximate surface area is 419 Å². The Morgan fingerprint density at radius 1 is 0.611 bits per heavy atom. The number of benzene rings is 2. The van der Waals surface area contributed by atoms with Gasteiger partial charge in [-0.15, -0.1) is 0 Å². The van der Waals surface area contributed by atoms with Gasteiger partial charge in [0, 0.05) is 37.0 Å². The Bertz CT molecular complexity index is 2580. The van der Waals surface area contributed by atoms with Crippen LogP contribution in [0.2, 0.25) is 0 Å². The van der Waals surface area contributed by atoms with E-state index in [1.54, 1.807) is 53.9 Å². The SMILES string of the molecule is CC(=O)Nc1cn(C(=O)OC(C)(C)C)c2ccc(/C=C/C(C)(C)C3CCN(CC(F)(F)F)CC3)cc12.CC(=O)Nc1cn(C(=O)OC(C)(C)C)c2ccc(CCC(C)(C)C3CCN(CC(F)(F)F)CC3)cc12. The fourth-order valence-electron chi connectivity index (χ4n) is 9.62. The van der Waals surface area contributed by atoms with Gasteiger partial charge in [0.15, 0.2) is 0 Å².